The van der Waals surface area contributed by atoms with Crippen LogP contribution in [0.25, 0.3) is 11.5 Å². The van der Waals surface area contributed by atoms with Crippen molar-refractivity contribution in [3.63, 3.8) is 0 Å². The second kappa shape index (κ2) is 8.12. The minimum Gasteiger partial charge on any atom is -0.480 e. The maximum atomic E-state index is 12.5. The molecule has 4 rings (SSSR count). The first-order valence-electron chi connectivity index (χ1n) is 9.14. The third-order valence-electron chi connectivity index (χ3n) is 4.69. The zero-order valence-electron chi connectivity index (χ0n) is 15.4. The largest absolute Gasteiger partial charge is 0.480 e. The number of aromatic amines is 1. The average Bonchev–Trinajstić information content (AvgIpc) is 3.41. The average molecular weight is 383 g/mol. The number of H-pyrrole nitrogens is 1. The lowest BCUT2D eigenvalue weighted by atomic mass is 9.93. The first-order valence-corrected chi connectivity index (χ1v) is 9.14. The van der Waals surface area contributed by atoms with Crippen LogP contribution in [0.1, 0.15) is 36.2 Å². The van der Waals surface area contributed by atoms with Crippen molar-refractivity contribution in [1.82, 2.24) is 25.5 Å². The molecule has 1 amide bonds. The van der Waals surface area contributed by atoms with E-state index in [1.54, 1.807) is 31.7 Å². The fraction of sp³-hybridized carbons (Fsp3) is 0.368. The van der Waals surface area contributed by atoms with E-state index in [-0.39, 0.29) is 18.1 Å². The normalized spacial score (nSPS) is 19.2. The highest BCUT2D eigenvalue weighted by Gasteiger charge is 2.25. The number of hydrogen-bond acceptors (Lipinski definition) is 7. The summed E-state index contributed by atoms with van der Waals surface area (Å²) in [5.41, 5.74) is 1.02. The number of amides is 1. The summed E-state index contributed by atoms with van der Waals surface area (Å²) in [7, 11) is 1.54. The van der Waals surface area contributed by atoms with Crippen molar-refractivity contribution < 1.29 is 18.7 Å². The van der Waals surface area contributed by atoms with Crippen LogP contribution in [0.5, 0.6) is 11.8 Å². The second-order valence-electron chi connectivity index (χ2n) is 6.61. The Bertz CT molecular complexity index is 916. The number of nitrogens with one attached hydrogen (secondary N) is 2. The number of hydrogen-bond donors (Lipinski definition) is 2. The maximum Gasteiger partial charge on any atom is 0.272 e. The molecule has 0 aromatic carbocycles. The lowest BCUT2D eigenvalue weighted by molar-refractivity contribution is 0.0884. The van der Waals surface area contributed by atoms with Gasteiger partial charge in [0.1, 0.15) is 11.8 Å². The van der Waals surface area contributed by atoms with Crippen LogP contribution >= 0.6 is 0 Å². The molecule has 9 heteroatoms. The molecule has 0 bridgehead atoms. The van der Waals surface area contributed by atoms with Gasteiger partial charge in [0.2, 0.25) is 11.8 Å². The summed E-state index contributed by atoms with van der Waals surface area (Å²) in [6.45, 7) is 0. The minimum absolute atomic E-state index is 0.0468. The fourth-order valence-electron chi connectivity index (χ4n) is 3.24. The SMILES string of the molecule is COc1cncc(OC2CCC(NC(=O)c3cc(-c4ccco4)[nH]n3)CC2)n1. The summed E-state index contributed by atoms with van der Waals surface area (Å²) in [6.07, 6.45) is 8.02. The maximum absolute atomic E-state index is 12.5. The van der Waals surface area contributed by atoms with E-state index < -0.39 is 0 Å². The Morgan fingerprint density at radius 2 is 2.07 bits per heavy atom. The van der Waals surface area contributed by atoms with Crippen LogP contribution in [-0.4, -0.2) is 45.3 Å². The second-order valence-corrected chi connectivity index (χ2v) is 6.61. The topological polar surface area (TPSA) is 115 Å². The zero-order valence-corrected chi connectivity index (χ0v) is 15.4. The smallest absolute Gasteiger partial charge is 0.272 e. The Morgan fingerprint density at radius 1 is 1.25 bits per heavy atom. The van der Waals surface area contributed by atoms with Gasteiger partial charge in [-0.05, 0) is 37.8 Å². The molecule has 9 nitrogen and oxygen atoms in total. The number of methoxy groups -OCH3 is 1. The summed E-state index contributed by atoms with van der Waals surface area (Å²) in [4.78, 5) is 20.7. The van der Waals surface area contributed by atoms with Gasteiger partial charge in [0.15, 0.2) is 11.5 Å². The zero-order chi connectivity index (χ0) is 19.3. The van der Waals surface area contributed by atoms with Crippen molar-refractivity contribution >= 4 is 5.91 Å². The monoisotopic (exact) mass is 383 g/mol. The van der Waals surface area contributed by atoms with Gasteiger partial charge in [-0.25, -0.2) is 0 Å². The fourth-order valence-corrected chi connectivity index (χ4v) is 3.24. The molecule has 1 saturated carbocycles. The summed E-state index contributed by atoms with van der Waals surface area (Å²) in [5, 5.41) is 9.94. The van der Waals surface area contributed by atoms with Crippen LogP contribution in [0.3, 0.4) is 0 Å². The van der Waals surface area contributed by atoms with Crippen LogP contribution in [0, 0.1) is 0 Å². The van der Waals surface area contributed by atoms with E-state index in [4.69, 9.17) is 13.9 Å². The number of furan rings is 1. The van der Waals surface area contributed by atoms with Gasteiger partial charge in [-0.2, -0.15) is 10.1 Å². The van der Waals surface area contributed by atoms with Crippen LogP contribution in [0.2, 0.25) is 0 Å². The van der Waals surface area contributed by atoms with E-state index in [1.807, 2.05) is 6.07 Å². The van der Waals surface area contributed by atoms with Crippen LogP contribution in [0.4, 0.5) is 0 Å². The standard InChI is InChI=1S/C19H21N5O4/c1-26-17-10-20-11-18(22-17)28-13-6-4-12(5-7-13)21-19(25)15-9-14(23-24-15)16-3-2-8-27-16/h2-3,8-13H,4-7H2,1H3,(H,21,25)(H,23,24). The van der Waals surface area contributed by atoms with Gasteiger partial charge in [0.05, 0.1) is 25.8 Å². The summed E-state index contributed by atoms with van der Waals surface area (Å²) in [6, 6.07) is 5.37. The Hall–Kier alpha value is -3.36. The molecule has 3 heterocycles. The molecule has 1 aliphatic carbocycles. The van der Waals surface area contributed by atoms with Gasteiger partial charge < -0.3 is 19.2 Å². The molecule has 0 unspecified atom stereocenters. The van der Waals surface area contributed by atoms with E-state index in [0.717, 1.165) is 25.7 Å². The molecule has 146 valence electrons. The van der Waals surface area contributed by atoms with E-state index in [2.05, 4.69) is 25.5 Å². The Kier molecular flexibility index (Phi) is 5.22. The lowest BCUT2D eigenvalue weighted by Crippen LogP contribution is -2.39. The highest BCUT2D eigenvalue weighted by molar-refractivity contribution is 5.93. The molecule has 28 heavy (non-hydrogen) atoms. The highest BCUT2D eigenvalue weighted by atomic mass is 16.5. The summed E-state index contributed by atoms with van der Waals surface area (Å²) in [5.74, 6) is 1.32. The molecular weight excluding hydrogens is 362 g/mol. The van der Waals surface area contributed by atoms with E-state index in [1.165, 1.54) is 6.20 Å². The van der Waals surface area contributed by atoms with Crippen molar-refractivity contribution in [2.75, 3.05) is 7.11 Å². The van der Waals surface area contributed by atoms with Crippen molar-refractivity contribution in [2.45, 2.75) is 37.8 Å². The van der Waals surface area contributed by atoms with Crippen LogP contribution in [0.15, 0.2) is 41.3 Å². The molecule has 3 aromatic rings. The van der Waals surface area contributed by atoms with Gasteiger partial charge in [0, 0.05) is 12.1 Å². The Balaban J connectivity index is 1.27. The number of rotatable bonds is 6. The lowest BCUT2D eigenvalue weighted by Gasteiger charge is -2.28. The molecule has 1 aliphatic rings. The first-order chi connectivity index (χ1) is 13.7. The summed E-state index contributed by atoms with van der Waals surface area (Å²) >= 11 is 0. The van der Waals surface area contributed by atoms with E-state index >= 15 is 0 Å². The molecule has 3 aromatic heterocycles. The van der Waals surface area contributed by atoms with Crippen LogP contribution in [-0.2, 0) is 0 Å². The van der Waals surface area contributed by atoms with E-state index in [9.17, 15) is 4.79 Å². The molecule has 0 atom stereocenters. The molecular formula is C19H21N5O4. The number of aromatic nitrogens is 4. The number of carbonyl (C=O) groups is 1. The first kappa shape index (κ1) is 18.0. The third kappa shape index (κ3) is 4.13. The molecule has 1 fully saturated rings. The van der Waals surface area contributed by atoms with Gasteiger partial charge in [-0.15, -0.1) is 0 Å². The van der Waals surface area contributed by atoms with E-state index in [0.29, 0.717) is 28.9 Å². The van der Waals surface area contributed by atoms with Gasteiger partial charge in [-0.1, -0.05) is 0 Å². The number of carbonyl (C=O) groups excluding carboxylic acids is 1. The van der Waals surface area contributed by atoms with Crippen molar-refractivity contribution in [3.8, 4) is 23.2 Å². The molecule has 0 spiro atoms. The number of nitrogens with zero attached hydrogens (tertiary/aromatic N) is 3. The van der Waals surface area contributed by atoms with Crippen molar-refractivity contribution in [2.24, 2.45) is 0 Å². The number of ether oxygens (including phenoxy) is 2. The van der Waals surface area contributed by atoms with Gasteiger partial charge >= 0.3 is 0 Å². The molecule has 0 saturated heterocycles. The van der Waals surface area contributed by atoms with Crippen molar-refractivity contribution in [1.29, 1.82) is 0 Å². The van der Waals surface area contributed by atoms with Gasteiger partial charge in [0.25, 0.3) is 5.91 Å². The predicted octanol–water partition coefficient (Wildman–Crippen LogP) is 2.59. The van der Waals surface area contributed by atoms with Crippen molar-refractivity contribution in [3.05, 3.63) is 42.5 Å². The Labute approximate surface area is 161 Å². The van der Waals surface area contributed by atoms with Crippen LogP contribution < -0.4 is 14.8 Å². The highest BCUT2D eigenvalue weighted by Crippen LogP contribution is 2.24. The molecule has 0 radical (unpaired) electrons. The molecule has 0 aliphatic heterocycles. The summed E-state index contributed by atoms with van der Waals surface area (Å²) < 4.78 is 16.2. The van der Waals surface area contributed by atoms with Gasteiger partial charge in [-0.3, -0.25) is 14.9 Å². The predicted molar refractivity (Wildman–Crippen MR) is 99.0 cm³/mol. The quantitative estimate of drug-likeness (QED) is 0.672. The Morgan fingerprint density at radius 3 is 2.82 bits per heavy atom. The third-order valence-corrected chi connectivity index (χ3v) is 4.69. The molecule has 2 N–H and O–H groups in total. The minimum atomic E-state index is -0.197.